The molecule has 0 radical (unpaired) electrons. The molecule has 0 saturated heterocycles. The van der Waals surface area contributed by atoms with Gasteiger partial charge in [-0.3, -0.25) is 9.48 Å². The van der Waals surface area contributed by atoms with Crippen molar-refractivity contribution in [3.63, 3.8) is 0 Å². The Morgan fingerprint density at radius 2 is 1.91 bits per heavy atom. The lowest BCUT2D eigenvalue weighted by Crippen LogP contribution is -2.27. The summed E-state index contributed by atoms with van der Waals surface area (Å²) >= 11 is 1.08. The first-order valence-electron chi connectivity index (χ1n) is 6.74. The number of nitrogens with zero attached hydrogens (tertiary/aromatic N) is 3. The average molecular weight is 322 g/mol. The Labute approximate surface area is 132 Å². The third kappa shape index (κ3) is 2.87. The van der Waals surface area contributed by atoms with Crippen LogP contribution in [0.4, 0.5) is 0 Å². The summed E-state index contributed by atoms with van der Waals surface area (Å²) in [5, 5.41) is 16.7. The zero-order chi connectivity index (χ0) is 16.6. The largest absolute Gasteiger partial charge is 0.477 e. The monoisotopic (exact) mass is 322 g/mol. The number of rotatable bonds is 4. The molecule has 0 aliphatic rings. The van der Waals surface area contributed by atoms with Gasteiger partial charge in [0, 0.05) is 12.7 Å². The SMILES string of the molecule is Cc1nc(C(C)NC(=O)c2c(C)nn(C)c2C)sc1C(=O)O. The highest BCUT2D eigenvalue weighted by Crippen LogP contribution is 2.24. The molecule has 1 atom stereocenters. The Morgan fingerprint density at radius 3 is 2.36 bits per heavy atom. The predicted molar refractivity (Wildman–Crippen MR) is 82.4 cm³/mol. The van der Waals surface area contributed by atoms with Gasteiger partial charge in [-0.1, -0.05) is 0 Å². The van der Waals surface area contributed by atoms with Crippen LogP contribution in [-0.4, -0.2) is 31.7 Å². The number of hydrogen-bond acceptors (Lipinski definition) is 5. The molecule has 7 nitrogen and oxygen atoms in total. The smallest absolute Gasteiger partial charge is 0.347 e. The zero-order valence-electron chi connectivity index (χ0n) is 13.1. The number of aromatic carboxylic acids is 1. The van der Waals surface area contributed by atoms with Gasteiger partial charge in [-0.05, 0) is 27.7 Å². The number of nitrogens with one attached hydrogen (secondary N) is 1. The number of carbonyl (C=O) groups is 2. The molecule has 0 spiro atoms. The van der Waals surface area contributed by atoms with E-state index < -0.39 is 5.97 Å². The first-order valence-corrected chi connectivity index (χ1v) is 7.55. The molecule has 0 bridgehead atoms. The lowest BCUT2D eigenvalue weighted by atomic mass is 10.1. The van der Waals surface area contributed by atoms with E-state index >= 15 is 0 Å². The summed E-state index contributed by atoms with van der Waals surface area (Å²) in [5.41, 5.74) is 2.44. The van der Waals surface area contributed by atoms with Gasteiger partial charge in [0.2, 0.25) is 0 Å². The molecule has 2 N–H and O–H groups in total. The molecular formula is C14H18N4O3S. The van der Waals surface area contributed by atoms with Crippen molar-refractivity contribution in [2.75, 3.05) is 0 Å². The van der Waals surface area contributed by atoms with Crippen molar-refractivity contribution in [3.8, 4) is 0 Å². The second kappa shape index (κ2) is 5.88. The third-order valence-electron chi connectivity index (χ3n) is 3.46. The average Bonchev–Trinajstić information content (AvgIpc) is 2.91. The number of thiazole rings is 1. The summed E-state index contributed by atoms with van der Waals surface area (Å²) in [6.45, 7) is 7.04. The number of hydrogen-bond donors (Lipinski definition) is 2. The lowest BCUT2D eigenvalue weighted by molar-refractivity contribution is 0.0701. The predicted octanol–water partition coefficient (Wildman–Crippen LogP) is 1.99. The second-order valence-electron chi connectivity index (χ2n) is 5.14. The molecule has 0 aliphatic heterocycles. The minimum Gasteiger partial charge on any atom is -0.477 e. The van der Waals surface area contributed by atoms with Crippen LogP contribution in [0.15, 0.2) is 0 Å². The van der Waals surface area contributed by atoms with Crippen LogP contribution in [0.25, 0.3) is 0 Å². The topological polar surface area (TPSA) is 97.1 Å². The van der Waals surface area contributed by atoms with E-state index in [1.165, 1.54) is 0 Å². The van der Waals surface area contributed by atoms with Gasteiger partial charge >= 0.3 is 5.97 Å². The Morgan fingerprint density at radius 1 is 1.27 bits per heavy atom. The minimum atomic E-state index is -1.00. The van der Waals surface area contributed by atoms with Crippen LogP contribution in [0.1, 0.15) is 55.1 Å². The van der Waals surface area contributed by atoms with Gasteiger partial charge in [-0.25, -0.2) is 9.78 Å². The highest BCUT2D eigenvalue weighted by atomic mass is 32.1. The molecule has 0 aromatic carbocycles. The third-order valence-corrected chi connectivity index (χ3v) is 4.79. The van der Waals surface area contributed by atoms with E-state index in [-0.39, 0.29) is 16.8 Å². The second-order valence-corrected chi connectivity index (χ2v) is 6.17. The Balaban J connectivity index is 2.21. The van der Waals surface area contributed by atoms with Gasteiger partial charge in [0.1, 0.15) is 9.88 Å². The molecule has 1 amide bonds. The van der Waals surface area contributed by atoms with Crippen LogP contribution >= 0.6 is 11.3 Å². The first-order chi connectivity index (χ1) is 10.2. The molecule has 1 unspecified atom stereocenters. The summed E-state index contributed by atoms with van der Waals surface area (Å²) in [6, 6.07) is -0.372. The van der Waals surface area contributed by atoms with Gasteiger partial charge in [-0.15, -0.1) is 11.3 Å². The number of carbonyl (C=O) groups excluding carboxylic acids is 1. The maximum Gasteiger partial charge on any atom is 0.347 e. The number of aryl methyl sites for hydroxylation is 3. The molecule has 8 heteroatoms. The van der Waals surface area contributed by atoms with Gasteiger partial charge in [0.15, 0.2) is 0 Å². The molecule has 2 heterocycles. The summed E-state index contributed by atoms with van der Waals surface area (Å²) in [7, 11) is 1.78. The highest BCUT2D eigenvalue weighted by molar-refractivity contribution is 7.13. The van der Waals surface area contributed by atoms with Crippen LogP contribution in [0.2, 0.25) is 0 Å². The van der Waals surface area contributed by atoms with Gasteiger partial charge in [-0.2, -0.15) is 5.10 Å². The van der Waals surface area contributed by atoms with E-state index in [4.69, 9.17) is 5.11 Å². The zero-order valence-corrected chi connectivity index (χ0v) is 13.9. The van der Waals surface area contributed by atoms with E-state index in [1.54, 1.807) is 32.5 Å². The Kier molecular flexibility index (Phi) is 4.32. The molecule has 0 saturated carbocycles. The molecule has 2 aromatic heterocycles. The fourth-order valence-electron chi connectivity index (χ4n) is 2.23. The maximum absolute atomic E-state index is 12.4. The summed E-state index contributed by atoms with van der Waals surface area (Å²) in [4.78, 5) is 27.9. The highest BCUT2D eigenvalue weighted by Gasteiger charge is 2.22. The van der Waals surface area contributed by atoms with Crippen molar-refractivity contribution in [3.05, 3.63) is 32.5 Å². The summed E-state index contributed by atoms with van der Waals surface area (Å²) < 4.78 is 1.66. The first kappa shape index (κ1) is 16.2. The normalized spacial score (nSPS) is 12.2. The van der Waals surface area contributed by atoms with Crippen molar-refractivity contribution < 1.29 is 14.7 Å². The standard InChI is InChI=1S/C14H18N4O3S/c1-6-10(9(4)18(5)17-6)12(19)15-8(3)13-16-7(2)11(22-13)14(20)21/h8H,1-5H3,(H,15,19)(H,20,21). The molecular weight excluding hydrogens is 304 g/mol. The summed E-state index contributed by atoms with van der Waals surface area (Å²) in [5.74, 6) is -1.24. The van der Waals surface area contributed by atoms with Crippen molar-refractivity contribution in [2.45, 2.75) is 33.7 Å². The van der Waals surface area contributed by atoms with Crippen LogP contribution in [-0.2, 0) is 7.05 Å². The number of amides is 1. The quantitative estimate of drug-likeness (QED) is 0.897. The van der Waals surface area contributed by atoms with Crippen LogP contribution in [0.5, 0.6) is 0 Å². The van der Waals surface area contributed by atoms with E-state index in [2.05, 4.69) is 15.4 Å². The van der Waals surface area contributed by atoms with Crippen molar-refractivity contribution in [2.24, 2.45) is 7.05 Å². The maximum atomic E-state index is 12.4. The van der Waals surface area contributed by atoms with Crippen molar-refractivity contribution >= 4 is 23.2 Å². The van der Waals surface area contributed by atoms with Gasteiger partial charge in [0.05, 0.1) is 23.0 Å². The molecule has 118 valence electrons. The van der Waals surface area contributed by atoms with Crippen LogP contribution in [0, 0.1) is 20.8 Å². The Hall–Kier alpha value is -2.22. The molecule has 0 aliphatic carbocycles. The van der Waals surface area contributed by atoms with Crippen LogP contribution < -0.4 is 5.32 Å². The molecule has 0 fully saturated rings. The molecule has 22 heavy (non-hydrogen) atoms. The fourth-order valence-corrected chi connectivity index (χ4v) is 3.14. The van der Waals surface area contributed by atoms with Gasteiger partial charge in [0.25, 0.3) is 5.91 Å². The number of carboxylic acids is 1. The number of aromatic nitrogens is 3. The molecule has 2 aromatic rings. The minimum absolute atomic E-state index is 0.199. The van der Waals surface area contributed by atoms with Crippen molar-refractivity contribution in [1.29, 1.82) is 0 Å². The number of carboxylic acid groups (broad SMARTS) is 1. The van der Waals surface area contributed by atoms with Crippen molar-refractivity contribution in [1.82, 2.24) is 20.1 Å². The fraction of sp³-hybridized carbons (Fsp3) is 0.429. The molecule has 2 rings (SSSR count). The van der Waals surface area contributed by atoms with E-state index in [1.807, 2.05) is 6.92 Å². The lowest BCUT2D eigenvalue weighted by Gasteiger charge is -2.11. The Bertz CT molecular complexity index is 748. The van der Waals surface area contributed by atoms with E-state index in [0.29, 0.717) is 22.0 Å². The van der Waals surface area contributed by atoms with Gasteiger partial charge < -0.3 is 10.4 Å². The van der Waals surface area contributed by atoms with E-state index in [0.717, 1.165) is 17.0 Å². The van der Waals surface area contributed by atoms with E-state index in [9.17, 15) is 9.59 Å². The summed E-state index contributed by atoms with van der Waals surface area (Å²) in [6.07, 6.45) is 0. The van der Waals surface area contributed by atoms with Crippen LogP contribution in [0.3, 0.4) is 0 Å².